The molecule has 0 saturated heterocycles. The molecular formula is C38H26F3N5O4. The van der Waals surface area contributed by atoms with Crippen molar-refractivity contribution >= 4 is 44.8 Å². The van der Waals surface area contributed by atoms with E-state index < -0.39 is 35.3 Å². The molecule has 1 heterocycles. The van der Waals surface area contributed by atoms with Crippen molar-refractivity contribution in [3.8, 4) is 0 Å². The molecule has 9 nitrogen and oxygen atoms in total. The molecule has 50 heavy (non-hydrogen) atoms. The first kappa shape index (κ1) is 33.5. The number of fused-ring (bicyclic) bond motifs is 5. The zero-order chi connectivity index (χ0) is 35.6. The summed E-state index contributed by atoms with van der Waals surface area (Å²) in [5.41, 5.74) is 10.3. The van der Waals surface area contributed by atoms with E-state index in [1.54, 1.807) is 36.4 Å². The van der Waals surface area contributed by atoms with E-state index >= 15 is 0 Å². The zero-order valence-corrected chi connectivity index (χ0v) is 26.3. The molecule has 0 aliphatic heterocycles. The molecule has 0 saturated carbocycles. The molecule has 0 radical (unpaired) electrons. The van der Waals surface area contributed by atoms with Gasteiger partial charge in [0, 0.05) is 28.6 Å². The minimum Gasteiger partial charge on any atom is -0.478 e. The Labute approximate surface area is 282 Å². The van der Waals surface area contributed by atoms with E-state index in [-0.39, 0.29) is 23.3 Å². The Morgan fingerprint density at radius 2 is 1.58 bits per heavy atom. The number of benzene rings is 5. The van der Waals surface area contributed by atoms with Gasteiger partial charge in [-0.15, -0.1) is 0 Å². The van der Waals surface area contributed by atoms with Crippen molar-refractivity contribution in [2.24, 2.45) is 11.0 Å². The maximum Gasteiger partial charge on any atom is 0.416 e. The van der Waals surface area contributed by atoms with Crippen molar-refractivity contribution < 1.29 is 32.7 Å². The Hall–Kier alpha value is -6.39. The van der Waals surface area contributed by atoms with E-state index in [4.69, 9.17) is 10.6 Å². The second kappa shape index (κ2) is 13.6. The maximum absolute atomic E-state index is 14.2. The standard InChI is InChI=1S/C33H22F3N3O2.C5H4N2O2/c1-18-21(6-4-8-28(18)33(34,35)36)17-27-31(40)29(20-9-12-22(13-10-20)38-39-37)26-16-15-24-23-7-3-2-5-19(23)11-14-25(24)30(26)32(27)41;8-5(9)4-1-6-3-7-2-4/h2-16,27,29H,17H2,1H3;1-3H,(H,8,9). The molecule has 248 valence electrons. The minimum atomic E-state index is -4.55. The molecule has 12 heteroatoms. The quantitative estimate of drug-likeness (QED) is 0.0635. The first-order valence-corrected chi connectivity index (χ1v) is 15.3. The van der Waals surface area contributed by atoms with Crippen LogP contribution >= 0.6 is 0 Å². The summed E-state index contributed by atoms with van der Waals surface area (Å²) in [6, 6.07) is 25.7. The van der Waals surface area contributed by atoms with Gasteiger partial charge in [0.2, 0.25) is 0 Å². The fourth-order valence-electron chi connectivity index (χ4n) is 6.44. The summed E-state index contributed by atoms with van der Waals surface area (Å²) in [7, 11) is 0. The highest BCUT2D eigenvalue weighted by molar-refractivity contribution is 6.25. The summed E-state index contributed by atoms with van der Waals surface area (Å²) in [5.74, 6) is -3.78. The Morgan fingerprint density at radius 1 is 0.880 bits per heavy atom. The number of hydrogen-bond donors (Lipinski definition) is 1. The number of halogens is 3. The van der Waals surface area contributed by atoms with Gasteiger partial charge in [-0.05, 0) is 68.7 Å². The number of alkyl halides is 3. The van der Waals surface area contributed by atoms with Gasteiger partial charge in [0.1, 0.15) is 6.33 Å². The van der Waals surface area contributed by atoms with Crippen LogP contribution in [0.1, 0.15) is 54.5 Å². The zero-order valence-electron chi connectivity index (χ0n) is 26.3. The number of aromatic nitrogens is 2. The molecule has 7 rings (SSSR count). The lowest BCUT2D eigenvalue weighted by Crippen LogP contribution is -2.37. The Morgan fingerprint density at radius 3 is 2.24 bits per heavy atom. The van der Waals surface area contributed by atoms with Crippen LogP contribution in [0.4, 0.5) is 18.9 Å². The number of Topliss-reactive ketones (excluding diaryl/α,β-unsaturated/α-hetero) is 2. The van der Waals surface area contributed by atoms with Crippen LogP contribution in [0.25, 0.3) is 32.0 Å². The van der Waals surface area contributed by atoms with Crippen LogP contribution in [0.3, 0.4) is 0 Å². The van der Waals surface area contributed by atoms with Gasteiger partial charge in [-0.3, -0.25) is 9.59 Å². The van der Waals surface area contributed by atoms with Gasteiger partial charge in [-0.2, -0.15) is 13.2 Å². The summed E-state index contributed by atoms with van der Waals surface area (Å²) in [5, 5.41) is 15.4. The van der Waals surface area contributed by atoms with Crippen molar-refractivity contribution in [1.82, 2.24) is 9.97 Å². The molecule has 6 aromatic rings. The molecule has 1 aliphatic carbocycles. The first-order valence-electron chi connectivity index (χ1n) is 15.3. The van der Waals surface area contributed by atoms with Gasteiger partial charge < -0.3 is 5.11 Å². The molecule has 0 spiro atoms. The molecule has 0 amide bonds. The average Bonchev–Trinajstić information content (AvgIpc) is 3.11. The average molecular weight is 674 g/mol. The molecular weight excluding hydrogens is 647 g/mol. The van der Waals surface area contributed by atoms with Crippen molar-refractivity contribution in [2.45, 2.75) is 25.4 Å². The third-order valence-electron chi connectivity index (χ3n) is 8.83. The monoisotopic (exact) mass is 673 g/mol. The van der Waals surface area contributed by atoms with E-state index in [9.17, 15) is 27.6 Å². The molecule has 2 unspecified atom stereocenters. The fourth-order valence-corrected chi connectivity index (χ4v) is 6.44. The van der Waals surface area contributed by atoms with Gasteiger partial charge in [-0.1, -0.05) is 90.0 Å². The van der Waals surface area contributed by atoms with E-state index in [0.717, 1.165) is 22.2 Å². The summed E-state index contributed by atoms with van der Waals surface area (Å²) >= 11 is 0. The summed E-state index contributed by atoms with van der Waals surface area (Å²) in [6.45, 7) is 1.37. The number of ketones is 2. The van der Waals surface area contributed by atoms with E-state index in [2.05, 4.69) is 20.0 Å². The van der Waals surface area contributed by atoms with Gasteiger partial charge >= 0.3 is 12.1 Å². The second-order valence-electron chi connectivity index (χ2n) is 11.7. The highest BCUT2D eigenvalue weighted by Crippen LogP contribution is 2.43. The van der Waals surface area contributed by atoms with Crippen molar-refractivity contribution in [3.05, 3.63) is 159 Å². The number of carboxylic acids is 1. The van der Waals surface area contributed by atoms with Crippen LogP contribution in [0.15, 0.2) is 115 Å². The Bertz CT molecular complexity index is 2340. The van der Waals surface area contributed by atoms with E-state index in [0.29, 0.717) is 33.3 Å². The highest BCUT2D eigenvalue weighted by Gasteiger charge is 2.43. The molecule has 2 atom stereocenters. The predicted octanol–water partition coefficient (Wildman–Crippen LogP) is 9.19. The minimum absolute atomic E-state index is 0.00517. The van der Waals surface area contributed by atoms with Gasteiger partial charge in [-0.25, -0.2) is 14.8 Å². The molecule has 1 N–H and O–H groups in total. The third-order valence-corrected chi connectivity index (χ3v) is 8.83. The lowest BCUT2D eigenvalue weighted by Gasteiger charge is -2.31. The number of rotatable bonds is 5. The van der Waals surface area contributed by atoms with Crippen molar-refractivity contribution in [1.29, 1.82) is 0 Å². The third kappa shape index (κ3) is 6.39. The summed E-state index contributed by atoms with van der Waals surface area (Å²) in [6.07, 6.45) is -0.929. The molecule has 1 aliphatic rings. The maximum atomic E-state index is 14.2. The number of azide groups is 1. The van der Waals surface area contributed by atoms with Crippen molar-refractivity contribution in [3.63, 3.8) is 0 Å². The van der Waals surface area contributed by atoms with Crippen molar-refractivity contribution in [2.75, 3.05) is 0 Å². The molecule has 0 fully saturated rings. The van der Waals surface area contributed by atoms with Crippen LogP contribution in [0.5, 0.6) is 0 Å². The Kier molecular flexibility index (Phi) is 9.12. The van der Waals surface area contributed by atoms with Crippen LogP contribution in [-0.4, -0.2) is 32.6 Å². The number of nitrogens with zero attached hydrogens (tertiary/aromatic N) is 5. The number of aromatic carboxylic acids is 1. The number of carbonyl (C=O) groups excluding carboxylic acids is 2. The molecule has 5 aromatic carbocycles. The SMILES string of the molecule is Cc1c(CC2C(=O)c3c(ccc4c3ccc3ccccc34)C(c3ccc(N=[N+]=[N-])cc3)C2=O)cccc1C(F)(F)F.O=C(O)c1cncnc1. The van der Waals surface area contributed by atoms with Crippen LogP contribution in [0.2, 0.25) is 0 Å². The van der Waals surface area contributed by atoms with E-state index in [1.807, 2.05) is 42.5 Å². The normalized spacial score (nSPS) is 15.5. The van der Waals surface area contributed by atoms with Crippen LogP contribution in [0, 0.1) is 12.8 Å². The van der Waals surface area contributed by atoms with Gasteiger partial charge in [0.05, 0.1) is 23.0 Å². The van der Waals surface area contributed by atoms with E-state index in [1.165, 1.54) is 31.7 Å². The topological polar surface area (TPSA) is 146 Å². The lowest BCUT2D eigenvalue weighted by molar-refractivity contribution is -0.138. The summed E-state index contributed by atoms with van der Waals surface area (Å²) < 4.78 is 41.0. The fraction of sp³-hybridized carbons (Fsp3) is 0.132. The van der Waals surface area contributed by atoms with Gasteiger partial charge in [0.25, 0.3) is 0 Å². The number of hydrogen-bond acceptors (Lipinski definition) is 6. The predicted molar refractivity (Wildman–Crippen MR) is 180 cm³/mol. The van der Waals surface area contributed by atoms with Gasteiger partial charge in [0.15, 0.2) is 11.6 Å². The smallest absolute Gasteiger partial charge is 0.416 e. The molecule has 0 bridgehead atoms. The Balaban J connectivity index is 0.000000419. The first-order chi connectivity index (χ1) is 24.0. The largest absolute Gasteiger partial charge is 0.478 e. The molecule has 1 aromatic heterocycles. The lowest BCUT2D eigenvalue weighted by atomic mass is 9.69. The highest BCUT2D eigenvalue weighted by atomic mass is 19.4. The second-order valence-corrected chi connectivity index (χ2v) is 11.7. The number of carbonyl (C=O) groups is 3. The summed E-state index contributed by atoms with van der Waals surface area (Å²) in [4.78, 5) is 48.3. The number of carboxylic acid groups (broad SMARTS) is 1. The van der Waals surface area contributed by atoms with Crippen LogP contribution in [-0.2, 0) is 17.4 Å². The van der Waals surface area contributed by atoms with Crippen LogP contribution < -0.4 is 0 Å².